The van der Waals surface area contributed by atoms with E-state index in [9.17, 15) is 18.5 Å². The minimum atomic E-state index is -3.45. The molecule has 1 fully saturated rings. The second-order valence-electron chi connectivity index (χ2n) is 5.03. The van der Waals surface area contributed by atoms with Gasteiger partial charge in [0.1, 0.15) is 0 Å². The molecule has 1 saturated heterocycles. The molecule has 7 nitrogen and oxygen atoms in total. The third-order valence-corrected chi connectivity index (χ3v) is 4.50. The summed E-state index contributed by atoms with van der Waals surface area (Å²) in [4.78, 5) is 12.3. The van der Waals surface area contributed by atoms with E-state index in [4.69, 9.17) is 5.73 Å². The lowest BCUT2D eigenvalue weighted by molar-refractivity contribution is -0.384. The molecular weight excluding hydrogens is 282 g/mol. The first kappa shape index (κ1) is 14.7. The fourth-order valence-corrected chi connectivity index (χ4v) is 3.29. The maximum absolute atomic E-state index is 11.8. The summed E-state index contributed by atoms with van der Waals surface area (Å²) < 4.78 is 23.7. The molecule has 1 heterocycles. The van der Waals surface area contributed by atoms with E-state index in [1.165, 1.54) is 18.2 Å². The van der Waals surface area contributed by atoms with Crippen LogP contribution in [-0.4, -0.2) is 38.7 Å². The first-order chi connectivity index (χ1) is 9.29. The van der Waals surface area contributed by atoms with Crippen molar-refractivity contribution in [1.29, 1.82) is 0 Å². The van der Waals surface area contributed by atoms with Crippen LogP contribution in [0.4, 0.5) is 11.4 Å². The Morgan fingerprint density at radius 2 is 2.15 bits per heavy atom. The van der Waals surface area contributed by atoms with Gasteiger partial charge < -0.3 is 10.6 Å². The van der Waals surface area contributed by atoms with Gasteiger partial charge in [-0.3, -0.25) is 10.1 Å². The predicted octanol–water partition coefficient (Wildman–Crippen LogP) is 0.926. The number of sulfone groups is 1. The van der Waals surface area contributed by atoms with Crippen LogP contribution in [0.1, 0.15) is 12.8 Å². The van der Waals surface area contributed by atoms with Crippen LogP contribution < -0.4 is 10.6 Å². The lowest BCUT2D eigenvalue weighted by Gasteiger charge is -2.33. The van der Waals surface area contributed by atoms with Crippen molar-refractivity contribution in [3.8, 4) is 0 Å². The van der Waals surface area contributed by atoms with Crippen molar-refractivity contribution in [2.24, 2.45) is 5.73 Å². The van der Waals surface area contributed by atoms with Crippen LogP contribution in [0.15, 0.2) is 23.1 Å². The van der Waals surface area contributed by atoms with Gasteiger partial charge in [-0.25, -0.2) is 8.42 Å². The monoisotopic (exact) mass is 299 g/mol. The topological polar surface area (TPSA) is 107 Å². The number of nitrogens with zero attached hydrogens (tertiary/aromatic N) is 2. The largest absolute Gasteiger partial charge is 0.369 e. The first-order valence-electron chi connectivity index (χ1n) is 6.28. The maximum Gasteiger partial charge on any atom is 0.271 e. The molecule has 2 N–H and O–H groups in total. The molecule has 2 rings (SSSR count). The van der Waals surface area contributed by atoms with E-state index in [2.05, 4.69) is 0 Å². The molecule has 0 unspecified atom stereocenters. The van der Waals surface area contributed by atoms with Crippen LogP contribution in [0.25, 0.3) is 0 Å². The summed E-state index contributed by atoms with van der Waals surface area (Å²) in [5.41, 5.74) is 6.15. The van der Waals surface area contributed by atoms with E-state index >= 15 is 0 Å². The molecule has 1 aromatic rings. The highest BCUT2D eigenvalue weighted by Crippen LogP contribution is 2.31. The summed E-state index contributed by atoms with van der Waals surface area (Å²) in [5.74, 6) is 0. The molecule has 0 saturated carbocycles. The zero-order chi connectivity index (χ0) is 14.9. The number of nitro groups is 1. The number of non-ortho nitro benzene ring substituents is 1. The number of nitrogens with two attached hydrogens (primary N) is 1. The Morgan fingerprint density at radius 3 is 2.70 bits per heavy atom. The van der Waals surface area contributed by atoms with Crippen molar-refractivity contribution >= 4 is 21.2 Å². The molecule has 8 heteroatoms. The molecule has 0 spiro atoms. The first-order valence-corrected chi connectivity index (χ1v) is 8.17. The Hall–Kier alpha value is -1.67. The van der Waals surface area contributed by atoms with E-state index < -0.39 is 14.8 Å². The van der Waals surface area contributed by atoms with Crippen molar-refractivity contribution in [2.75, 3.05) is 24.2 Å². The van der Waals surface area contributed by atoms with Crippen LogP contribution in [0, 0.1) is 10.1 Å². The van der Waals surface area contributed by atoms with Gasteiger partial charge in [-0.1, -0.05) is 0 Å². The van der Waals surface area contributed by atoms with Gasteiger partial charge >= 0.3 is 0 Å². The Morgan fingerprint density at radius 1 is 1.45 bits per heavy atom. The fourth-order valence-electron chi connectivity index (χ4n) is 2.41. The molecule has 0 aromatic heterocycles. The second kappa shape index (κ2) is 5.37. The van der Waals surface area contributed by atoms with E-state index in [-0.39, 0.29) is 16.6 Å². The number of nitro benzene ring substituents is 1. The summed E-state index contributed by atoms with van der Waals surface area (Å²) in [6.45, 7) is 1.15. The fraction of sp³-hybridized carbons (Fsp3) is 0.500. The van der Waals surface area contributed by atoms with Crippen LogP contribution in [0.5, 0.6) is 0 Å². The number of piperidine rings is 1. The normalized spacial score (nSPS) is 19.9. The molecule has 1 aliphatic rings. The molecule has 1 aromatic carbocycles. The minimum absolute atomic E-state index is 0.0459. The number of anilines is 1. The number of hydrogen-bond acceptors (Lipinski definition) is 6. The van der Waals surface area contributed by atoms with Crippen molar-refractivity contribution in [2.45, 2.75) is 23.8 Å². The van der Waals surface area contributed by atoms with Gasteiger partial charge in [0.05, 0.1) is 15.5 Å². The molecule has 20 heavy (non-hydrogen) atoms. The van der Waals surface area contributed by atoms with E-state index in [1.807, 2.05) is 4.90 Å². The van der Waals surface area contributed by atoms with E-state index in [0.717, 1.165) is 19.1 Å². The highest BCUT2D eigenvalue weighted by atomic mass is 32.2. The zero-order valence-corrected chi connectivity index (χ0v) is 12.0. The smallest absolute Gasteiger partial charge is 0.271 e. The molecule has 0 bridgehead atoms. The van der Waals surface area contributed by atoms with Gasteiger partial charge in [0.15, 0.2) is 9.84 Å². The average molecular weight is 299 g/mol. The van der Waals surface area contributed by atoms with Crippen molar-refractivity contribution in [3.05, 3.63) is 28.3 Å². The minimum Gasteiger partial charge on any atom is -0.369 e. The van der Waals surface area contributed by atoms with Gasteiger partial charge in [-0.05, 0) is 18.9 Å². The zero-order valence-electron chi connectivity index (χ0n) is 11.2. The number of benzene rings is 1. The summed E-state index contributed by atoms with van der Waals surface area (Å²) in [6, 6.07) is 3.77. The van der Waals surface area contributed by atoms with Crippen LogP contribution in [-0.2, 0) is 9.84 Å². The van der Waals surface area contributed by atoms with Gasteiger partial charge in [-0.15, -0.1) is 0 Å². The second-order valence-corrected chi connectivity index (χ2v) is 7.01. The predicted molar refractivity (Wildman–Crippen MR) is 75.6 cm³/mol. The maximum atomic E-state index is 11.8. The SMILES string of the molecule is CS(=O)(=O)c1ccc([N+](=O)[O-])cc1N1CCC[C@@H](N)C1. The average Bonchev–Trinajstić information content (AvgIpc) is 2.37. The van der Waals surface area contributed by atoms with Gasteiger partial charge in [0.2, 0.25) is 0 Å². The van der Waals surface area contributed by atoms with Crippen molar-refractivity contribution in [3.63, 3.8) is 0 Å². The quantitative estimate of drug-likeness (QED) is 0.657. The molecule has 0 amide bonds. The number of hydrogen-bond donors (Lipinski definition) is 1. The Labute approximate surface area is 117 Å². The lowest BCUT2D eigenvalue weighted by Crippen LogP contribution is -2.43. The van der Waals surface area contributed by atoms with Crippen molar-refractivity contribution < 1.29 is 13.3 Å². The summed E-state index contributed by atoms with van der Waals surface area (Å²) >= 11 is 0. The Kier molecular flexibility index (Phi) is 3.96. The van der Waals surface area contributed by atoms with Gasteiger partial charge in [0.25, 0.3) is 5.69 Å². The van der Waals surface area contributed by atoms with E-state index in [0.29, 0.717) is 18.8 Å². The number of rotatable bonds is 3. The van der Waals surface area contributed by atoms with Crippen LogP contribution >= 0.6 is 0 Å². The van der Waals surface area contributed by atoms with Gasteiger partial charge in [0, 0.05) is 37.5 Å². The third-order valence-electron chi connectivity index (χ3n) is 3.35. The molecular formula is C12H17N3O4S. The standard InChI is InChI=1S/C12H17N3O4S/c1-20(18,19)12-5-4-10(15(16)17)7-11(12)14-6-2-3-9(13)8-14/h4-5,7,9H,2-3,6,8,13H2,1H3/t9-/m1/s1. The highest BCUT2D eigenvalue weighted by molar-refractivity contribution is 7.90. The van der Waals surface area contributed by atoms with Crippen LogP contribution in [0.2, 0.25) is 0 Å². The molecule has 1 aliphatic heterocycles. The molecule has 0 radical (unpaired) electrons. The Bertz CT molecular complexity index is 630. The highest BCUT2D eigenvalue weighted by Gasteiger charge is 2.25. The summed E-state index contributed by atoms with van der Waals surface area (Å²) in [5, 5.41) is 10.9. The molecule has 0 aliphatic carbocycles. The lowest BCUT2D eigenvalue weighted by atomic mass is 10.1. The molecule has 110 valence electrons. The van der Waals surface area contributed by atoms with Crippen LogP contribution in [0.3, 0.4) is 0 Å². The van der Waals surface area contributed by atoms with E-state index in [1.54, 1.807) is 0 Å². The third kappa shape index (κ3) is 3.07. The summed E-state index contributed by atoms with van der Waals surface area (Å²) in [6.07, 6.45) is 2.81. The van der Waals surface area contributed by atoms with Crippen molar-refractivity contribution in [1.82, 2.24) is 0 Å². The summed E-state index contributed by atoms with van der Waals surface area (Å²) in [7, 11) is -3.45. The van der Waals surface area contributed by atoms with Gasteiger partial charge in [-0.2, -0.15) is 0 Å². The Balaban J connectivity index is 2.51. The molecule has 1 atom stereocenters.